The number of anilines is 1. The highest BCUT2D eigenvalue weighted by molar-refractivity contribution is 7.86. The molecule has 5 aromatic rings. The third-order valence-corrected chi connectivity index (χ3v) is 9.50. The summed E-state index contributed by atoms with van der Waals surface area (Å²) in [5.41, 5.74) is 1.88. The van der Waals surface area contributed by atoms with Crippen LogP contribution in [0.25, 0.3) is 21.7 Å². The van der Waals surface area contributed by atoms with Crippen LogP contribution in [-0.2, 0) is 20.9 Å². The molecule has 47 heavy (non-hydrogen) atoms. The number of rotatable bonds is 4. The van der Waals surface area contributed by atoms with Crippen LogP contribution in [-0.4, -0.2) is 40.5 Å². The smallest absolute Gasteiger partial charge is 0.295 e. The van der Waals surface area contributed by atoms with Crippen molar-refractivity contribution in [2.75, 3.05) is 5.32 Å². The second kappa shape index (κ2) is 10.8. The Morgan fingerprint density at radius 2 is 1.36 bits per heavy atom. The maximum atomic E-state index is 13.7. The SMILES string of the molecule is CC(C)(C)c1cc(C(=O)Nc2cccc3ccc(C4C(=O)c5cc6cccc(S(=O)(=O)O)c6cc5C4=O)nc23)cc(C(C)(C)C)c1O. The van der Waals surface area contributed by atoms with Crippen LogP contribution in [0.4, 0.5) is 5.69 Å². The molecule has 1 aromatic heterocycles. The van der Waals surface area contributed by atoms with E-state index in [1.807, 2.05) is 41.5 Å². The normalized spacial score (nSPS) is 15.3. The van der Waals surface area contributed by atoms with Gasteiger partial charge in [0.1, 0.15) is 16.6 Å². The number of phenols is 1. The summed E-state index contributed by atoms with van der Waals surface area (Å²) in [6.45, 7) is 11.8. The van der Waals surface area contributed by atoms with Gasteiger partial charge in [0.25, 0.3) is 16.0 Å². The number of aromatic hydroxyl groups is 1. The number of nitrogens with one attached hydrogen (secondary N) is 1. The first kappa shape index (κ1) is 32.0. The van der Waals surface area contributed by atoms with Crippen LogP contribution in [0.3, 0.4) is 0 Å². The van der Waals surface area contributed by atoms with Crippen molar-refractivity contribution in [1.82, 2.24) is 4.98 Å². The molecule has 0 bridgehead atoms. The Balaban J connectivity index is 1.40. The van der Waals surface area contributed by atoms with Gasteiger partial charge in [-0.25, -0.2) is 4.98 Å². The van der Waals surface area contributed by atoms with Gasteiger partial charge in [0.15, 0.2) is 11.6 Å². The third-order valence-electron chi connectivity index (χ3n) is 8.59. The van der Waals surface area contributed by atoms with Gasteiger partial charge in [-0.3, -0.25) is 18.9 Å². The molecule has 1 aliphatic rings. The van der Waals surface area contributed by atoms with Gasteiger partial charge in [-0.15, -0.1) is 0 Å². The summed E-state index contributed by atoms with van der Waals surface area (Å²) in [6.07, 6.45) is 0. The molecule has 0 radical (unpaired) electrons. The molecule has 240 valence electrons. The second-order valence-corrected chi connectivity index (χ2v) is 15.4. The summed E-state index contributed by atoms with van der Waals surface area (Å²) in [5, 5.41) is 15.2. The quantitative estimate of drug-likeness (QED) is 0.135. The molecule has 0 saturated carbocycles. The van der Waals surface area contributed by atoms with E-state index in [-0.39, 0.29) is 32.9 Å². The number of nitrogens with zero attached hydrogens (tertiary/aromatic N) is 1. The van der Waals surface area contributed by atoms with Crippen LogP contribution in [0.5, 0.6) is 5.75 Å². The Hall–Kier alpha value is -4.93. The van der Waals surface area contributed by atoms with E-state index in [2.05, 4.69) is 5.32 Å². The molecule has 1 amide bonds. The minimum absolute atomic E-state index is 0.0451. The first-order chi connectivity index (χ1) is 21.9. The number of benzene rings is 4. The summed E-state index contributed by atoms with van der Waals surface area (Å²) in [7, 11) is -4.58. The van der Waals surface area contributed by atoms with E-state index < -0.39 is 44.3 Å². The van der Waals surface area contributed by atoms with Gasteiger partial charge in [-0.1, -0.05) is 71.9 Å². The van der Waals surface area contributed by atoms with Gasteiger partial charge in [0, 0.05) is 38.6 Å². The van der Waals surface area contributed by atoms with Crippen LogP contribution in [0.2, 0.25) is 0 Å². The lowest BCUT2D eigenvalue weighted by atomic mass is 9.78. The van der Waals surface area contributed by atoms with Crippen LogP contribution < -0.4 is 5.32 Å². The fourth-order valence-corrected chi connectivity index (χ4v) is 6.86. The number of para-hydroxylation sites is 1. The maximum absolute atomic E-state index is 13.7. The third kappa shape index (κ3) is 5.57. The van der Waals surface area contributed by atoms with Crippen molar-refractivity contribution in [3.05, 3.63) is 106 Å². The molecule has 1 heterocycles. The topological polar surface area (TPSA) is 151 Å². The molecular formula is C37H34N2O7S. The van der Waals surface area contributed by atoms with E-state index in [0.717, 1.165) is 0 Å². The van der Waals surface area contributed by atoms with Gasteiger partial charge in [-0.05, 0) is 58.7 Å². The van der Waals surface area contributed by atoms with Crippen molar-refractivity contribution in [2.45, 2.75) is 63.2 Å². The number of fused-ring (bicyclic) bond motifs is 3. The molecule has 9 nitrogen and oxygen atoms in total. The Kier molecular flexibility index (Phi) is 7.37. The fraction of sp³-hybridized carbons (Fsp3) is 0.243. The van der Waals surface area contributed by atoms with Crippen LogP contribution >= 0.6 is 0 Å². The number of Topliss-reactive ketones (excluding diaryl/α,β-unsaturated/α-hetero) is 2. The lowest BCUT2D eigenvalue weighted by molar-refractivity contribution is 0.0887. The number of ketones is 2. The molecule has 1 aliphatic carbocycles. The molecule has 0 fully saturated rings. The van der Waals surface area contributed by atoms with Crippen molar-refractivity contribution in [3.8, 4) is 5.75 Å². The Morgan fingerprint density at radius 1 is 0.787 bits per heavy atom. The predicted octanol–water partition coefficient (Wildman–Crippen LogP) is 7.35. The Morgan fingerprint density at radius 3 is 1.96 bits per heavy atom. The number of carbonyl (C=O) groups is 3. The monoisotopic (exact) mass is 650 g/mol. The van der Waals surface area contributed by atoms with Crippen LogP contribution in [0.15, 0.2) is 77.7 Å². The molecule has 3 N–H and O–H groups in total. The largest absolute Gasteiger partial charge is 0.507 e. The first-order valence-electron chi connectivity index (χ1n) is 15.1. The fourth-order valence-electron chi connectivity index (χ4n) is 6.16. The molecule has 0 saturated heterocycles. The summed E-state index contributed by atoms with van der Waals surface area (Å²) in [6, 6.07) is 19.0. The molecule has 1 unspecified atom stereocenters. The molecule has 10 heteroatoms. The summed E-state index contributed by atoms with van der Waals surface area (Å²) < 4.78 is 33.7. The van der Waals surface area contributed by atoms with Crippen molar-refractivity contribution < 1.29 is 32.5 Å². The van der Waals surface area contributed by atoms with Gasteiger partial charge in [0.2, 0.25) is 0 Å². The highest BCUT2D eigenvalue weighted by Gasteiger charge is 2.41. The van der Waals surface area contributed by atoms with Crippen LogP contribution in [0, 0.1) is 0 Å². The van der Waals surface area contributed by atoms with E-state index in [9.17, 15) is 32.5 Å². The van der Waals surface area contributed by atoms with E-state index in [0.29, 0.717) is 38.7 Å². The Bertz CT molecular complexity index is 2260. The lowest BCUT2D eigenvalue weighted by Gasteiger charge is -2.28. The summed E-state index contributed by atoms with van der Waals surface area (Å²) in [4.78, 5) is 45.4. The Labute approximate surface area is 272 Å². The molecular weight excluding hydrogens is 616 g/mol. The minimum Gasteiger partial charge on any atom is -0.507 e. The molecule has 6 rings (SSSR count). The van der Waals surface area contributed by atoms with Gasteiger partial charge >= 0.3 is 0 Å². The number of hydrogen-bond donors (Lipinski definition) is 3. The standard InChI is InChI=1S/C37H34N2O7S/c1-36(2,3)25-16-21(17-26(34(25)42)37(4,5)6)35(43)39-28-11-7-9-19-13-14-27(38-31(19)28)30-32(40)23-15-20-10-8-12-29(47(44,45)46)22(20)18-24(23)33(30)41/h7-18,30,42H,1-6H3,(H,39,43)(H,44,45,46). The lowest BCUT2D eigenvalue weighted by Crippen LogP contribution is -2.21. The zero-order valence-electron chi connectivity index (χ0n) is 26.8. The van der Waals surface area contributed by atoms with Gasteiger partial charge < -0.3 is 10.4 Å². The number of carbonyl (C=O) groups excluding carboxylic acids is 3. The summed E-state index contributed by atoms with van der Waals surface area (Å²) >= 11 is 0. The molecule has 4 aromatic carbocycles. The summed E-state index contributed by atoms with van der Waals surface area (Å²) in [5.74, 6) is -2.55. The van der Waals surface area contributed by atoms with Crippen LogP contribution in [0.1, 0.15) is 95.4 Å². The van der Waals surface area contributed by atoms with E-state index in [4.69, 9.17) is 4.98 Å². The van der Waals surface area contributed by atoms with Gasteiger partial charge in [0.05, 0.1) is 16.9 Å². The second-order valence-electron chi connectivity index (χ2n) is 14.0. The molecule has 0 spiro atoms. The first-order valence-corrected chi connectivity index (χ1v) is 16.5. The molecule has 0 aliphatic heterocycles. The predicted molar refractivity (Wildman–Crippen MR) is 180 cm³/mol. The number of amides is 1. The van der Waals surface area contributed by atoms with Crippen molar-refractivity contribution in [1.29, 1.82) is 0 Å². The van der Waals surface area contributed by atoms with Crippen molar-refractivity contribution in [3.63, 3.8) is 0 Å². The van der Waals surface area contributed by atoms with Gasteiger partial charge in [-0.2, -0.15) is 8.42 Å². The number of phenolic OH excluding ortho intramolecular Hbond substituents is 1. The van der Waals surface area contributed by atoms with E-state index in [1.54, 1.807) is 48.5 Å². The van der Waals surface area contributed by atoms with E-state index in [1.165, 1.54) is 24.3 Å². The number of pyridine rings is 1. The maximum Gasteiger partial charge on any atom is 0.295 e. The number of aromatic nitrogens is 1. The zero-order valence-corrected chi connectivity index (χ0v) is 27.6. The highest BCUT2D eigenvalue weighted by Crippen LogP contribution is 2.41. The zero-order chi connectivity index (χ0) is 34.2. The molecule has 1 atom stereocenters. The van der Waals surface area contributed by atoms with Crippen molar-refractivity contribution in [2.24, 2.45) is 0 Å². The highest BCUT2D eigenvalue weighted by atomic mass is 32.2. The average Bonchev–Trinajstić information content (AvgIpc) is 3.22. The van der Waals surface area contributed by atoms with Crippen molar-refractivity contribution >= 4 is 55.0 Å². The number of hydrogen-bond acceptors (Lipinski definition) is 7. The average molecular weight is 651 g/mol. The minimum atomic E-state index is -4.58. The van der Waals surface area contributed by atoms with E-state index >= 15 is 0 Å².